The molecule has 0 amide bonds. The van der Waals surface area contributed by atoms with Gasteiger partial charge in [-0.1, -0.05) is 67.6 Å². The van der Waals surface area contributed by atoms with Crippen LogP contribution in [0, 0.1) is 0 Å². The average Bonchev–Trinajstić information content (AvgIpc) is 3.00. The molecule has 0 bridgehead atoms. The van der Waals surface area contributed by atoms with Gasteiger partial charge in [0.25, 0.3) is 0 Å². The maximum Gasteiger partial charge on any atom is 0.181 e. The van der Waals surface area contributed by atoms with Crippen LogP contribution < -0.4 is 0 Å². The molecule has 0 fully saturated rings. The van der Waals surface area contributed by atoms with Crippen LogP contribution in [0.1, 0.15) is 30.7 Å². The SMILES string of the molecule is CCC(c1ccccc1)c1nc(-c2ccccc2)n[nH]1. The van der Waals surface area contributed by atoms with Gasteiger partial charge in [-0.15, -0.1) is 0 Å². The fourth-order valence-electron chi connectivity index (χ4n) is 2.42. The molecule has 1 aromatic heterocycles. The van der Waals surface area contributed by atoms with Gasteiger partial charge in [-0.05, 0) is 12.0 Å². The van der Waals surface area contributed by atoms with Crippen molar-refractivity contribution < 1.29 is 0 Å². The molecule has 2 aromatic carbocycles. The maximum atomic E-state index is 4.66. The summed E-state index contributed by atoms with van der Waals surface area (Å²) in [5.41, 5.74) is 2.31. The van der Waals surface area contributed by atoms with Gasteiger partial charge in [0, 0.05) is 11.5 Å². The second kappa shape index (κ2) is 5.70. The minimum atomic E-state index is 0.265. The van der Waals surface area contributed by atoms with Crippen LogP contribution in [-0.2, 0) is 0 Å². The summed E-state index contributed by atoms with van der Waals surface area (Å²) >= 11 is 0. The molecule has 0 radical (unpaired) electrons. The van der Waals surface area contributed by atoms with Gasteiger partial charge in [0.2, 0.25) is 0 Å². The van der Waals surface area contributed by atoms with Crippen molar-refractivity contribution in [2.75, 3.05) is 0 Å². The Kier molecular flexibility index (Phi) is 3.59. The summed E-state index contributed by atoms with van der Waals surface area (Å²) in [6.07, 6.45) is 0.993. The summed E-state index contributed by atoms with van der Waals surface area (Å²) in [6, 6.07) is 20.5. The Morgan fingerprint density at radius 1 is 0.950 bits per heavy atom. The Labute approximate surface area is 118 Å². The molecule has 3 aromatic rings. The van der Waals surface area contributed by atoms with Gasteiger partial charge >= 0.3 is 0 Å². The monoisotopic (exact) mass is 263 g/mol. The zero-order valence-corrected chi connectivity index (χ0v) is 11.5. The highest BCUT2D eigenvalue weighted by Gasteiger charge is 2.16. The van der Waals surface area contributed by atoms with E-state index in [1.165, 1.54) is 5.56 Å². The molecule has 0 saturated heterocycles. The number of aromatic nitrogens is 3. The minimum Gasteiger partial charge on any atom is -0.262 e. The Balaban J connectivity index is 1.93. The molecule has 0 aliphatic carbocycles. The van der Waals surface area contributed by atoms with Crippen molar-refractivity contribution in [3.63, 3.8) is 0 Å². The second-order valence-electron chi connectivity index (χ2n) is 4.78. The number of hydrogen-bond donors (Lipinski definition) is 1. The van der Waals surface area contributed by atoms with Gasteiger partial charge in [0.1, 0.15) is 5.82 Å². The van der Waals surface area contributed by atoms with Crippen LogP contribution in [-0.4, -0.2) is 15.2 Å². The lowest BCUT2D eigenvalue weighted by Gasteiger charge is -2.11. The van der Waals surface area contributed by atoms with E-state index < -0.39 is 0 Å². The van der Waals surface area contributed by atoms with Crippen LogP contribution in [0.25, 0.3) is 11.4 Å². The quantitative estimate of drug-likeness (QED) is 0.772. The molecule has 3 heteroatoms. The van der Waals surface area contributed by atoms with Crippen LogP contribution in [0.2, 0.25) is 0 Å². The number of hydrogen-bond acceptors (Lipinski definition) is 2. The van der Waals surface area contributed by atoms with Crippen molar-refractivity contribution in [1.82, 2.24) is 15.2 Å². The van der Waals surface area contributed by atoms with Crippen molar-refractivity contribution in [3.05, 3.63) is 72.1 Å². The van der Waals surface area contributed by atoms with E-state index in [0.717, 1.165) is 23.6 Å². The molecule has 1 heterocycles. The average molecular weight is 263 g/mol. The zero-order valence-electron chi connectivity index (χ0n) is 11.5. The molecule has 20 heavy (non-hydrogen) atoms. The van der Waals surface area contributed by atoms with E-state index in [1.54, 1.807) is 0 Å². The van der Waals surface area contributed by atoms with E-state index in [-0.39, 0.29) is 5.92 Å². The van der Waals surface area contributed by atoms with Crippen LogP contribution in [0.15, 0.2) is 60.7 Å². The lowest BCUT2D eigenvalue weighted by Crippen LogP contribution is -2.01. The van der Waals surface area contributed by atoms with Gasteiger partial charge in [0.15, 0.2) is 5.82 Å². The summed E-state index contributed by atoms with van der Waals surface area (Å²) < 4.78 is 0. The van der Waals surface area contributed by atoms with Crippen molar-refractivity contribution >= 4 is 0 Å². The predicted molar refractivity (Wildman–Crippen MR) is 80.4 cm³/mol. The van der Waals surface area contributed by atoms with Crippen LogP contribution in [0.4, 0.5) is 0 Å². The Hall–Kier alpha value is -2.42. The van der Waals surface area contributed by atoms with Crippen molar-refractivity contribution in [3.8, 4) is 11.4 Å². The first-order valence-electron chi connectivity index (χ1n) is 6.91. The predicted octanol–water partition coefficient (Wildman–Crippen LogP) is 4.01. The molecule has 0 aliphatic heterocycles. The van der Waals surface area contributed by atoms with Crippen molar-refractivity contribution in [2.45, 2.75) is 19.3 Å². The normalized spacial score (nSPS) is 12.2. The van der Waals surface area contributed by atoms with Gasteiger partial charge < -0.3 is 0 Å². The number of benzene rings is 2. The third kappa shape index (κ3) is 2.48. The molecular formula is C17H17N3. The fourth-order valence-corrected chi connectivity index (χ4v) is 2.42. The highest BCUT2D eigenvalue weighted by atomic mass is 15.2. The molecule has 0 aliphatic rings. The van der Waals surface area contributed by atoms with Crippen LogP contribution in [0.5, 0.6) is 0 Å². The molecule has 1 unspecified atom stereocenters. The number of aromatic amines is 1. The van der Waals surface area contributed by atoms with Gasteiger partial charge in [-0.2, -0.15) is 5.10 Å². The lowest BCUT2D eigenvalue weighted by molar-refractivity contribution is 0.721. The standard InChI is InChI=1S/C17H17N3/c1-2-15(13-9-5-3-6-10-13)17-18-16(19-20-17)14-11-7-4-8-12-14/h3-12,15H,2H2,1H3,(H,18,19,20). The number of rotatable bonds is 4. The third-order valence-electron chi connectivity index (χ3n) is 3.47. The first-order valence-corrected chi connectivity index (χ1v) is 6.91. The molecule has 1 N–H and O–H groups in total. The Morgan fingerprint density at radius 2 is 1.60 bits per heavy atom. The number of H-pyrrole nitrogens is 1. The van der Waals surface area contributed by atoms with E-state index in [9.17, 15) is 0 Å². The first kappa shape index (κ1) is 12.6. The van der Waals surface area contributed by atoms with Gasteiger partial charge in [-0.25, -0.2) is 4.98 Å². The highest BCUT2D eigenvalue weighted by Crippen LogP contribution is 2.26. The zero-order chi connectivity index (χ0) is 13.8. The van der Waals surface area contributed by atoms with E-state index in [2.05, 4.69) is 46.4 Å². The van der Waals surface area contributed by atoms with Crippen molar-refractivity contribution in [2.24, 2.45) is 0 Å². The Morgan fingerprint density at radius 3 is 2.25 bits per heavy atom. The summed E-state index contributed by atoms with van der Waals surface area (Å²) in [5.74, 6) is 1.95. The van der Waals surface area contributed by atoms with E-state index >= 15 is 0 Å². The number of nitrogens with zero attached hydrogens (tertiary/aromatic N) is 2. The third-order valence-corrected chi connectivity index (χ3v) is 3.47. The Bertz CT molecular complexity index is 659. The molecule has 0 saturated carbocycles. The second-order valence-corrected chi connectivity index (χ2v) is 4.78. The van der Waals surface area contributed by atoms with Gasteiger partial charge in [0.05, 0.1) is 0 Å². The van der Waals surface area contributed by atoms with Crippen LogP contribution in [0.3, 0.4) is 0 Å². The summed E-state index contributed by atoms with van der Waals surface area (Å²) in [7, 11) is 0. The molecular weight excluding hydrogens is 246 g/mol. The summed E-state index contributed by atoms with van der Waals surface area (Å²) in [5, 5.41) is 7.44. The minimum absolute atomic E-state index is 0.265. The first-order chi connectivity index (χ1) is 9.88. The lowest BCUT2D eigenvalue weighted by atomic mass is 9.96. The van der Waals surface area contributed by atoms with Crippen molar-refractivity contribution in [1.29, 1.82) is 0 Å². The summed E-state index contributed by atoms with van der Waals surface area (Å²) in [6.45, 7) is 2.17. The smallest absolute Gasteiger partial charge is 0.181 e. The fraction of sp³-hybridized carbons (Fsp3) is 0.176. The molecule has 100 valence electrons. The summed E-state index contributed by atoms with van der Waals surface area (Å²) in [4.78, 5) is 4.66. The largest absolute Gasteiger partial charge is 0.262 e. The molecule has 1 atom stereocenters. The molecule has 3 rings (SSSR count). The van der Waals surface area contributed by atoms with E-state index in [1.807, 2.05) is 36.4 Å². The van der Waals surface area contributed by atoms with E-state index in [0.29, 0.717) is 0 Å². The van der Waals surface area contributed by atoms with Crippen LogP contribution >= 0.6 is 0 Å². The van der Waals surface area contributed by atoms with Gasteiger partial charge in [-0.3, -0.25) is 5.10 Å². The maximum absolute atomic E-state index is 4.66. The molecule has 0 spiro atoms. The highest BCUT2D eigenvalue weighted by molar-refractivity contribution is 5.54. The number of nitrogens with one attached hydrogen (secondary N) is 1. The van der Waals surface area contributed by atoms with E-state index in [4.69, 9.17) is 0 Å². The topological polar surface area (TPSA) is 41.6 Å². The molecule has 3 nitrogen and oxygen atoms in total.